The summed E-state index contributed by atoms with van der Waals surface area (Å²) in [6.45, 7) is 0. The predicted molar refractivity (Wildman–Crippen MR) is 201 cm³/mol. The summed E-state index contributed by atoms with van der Waals surface area (Å²) in [4.78, 5) is 14.7. The second-order valence-electron chi connectivity index (χ2n) is 11.5. The molecule has 0 saturated carbocycles. The monoisotopic (exact) mass is 635 g/mol. The first-order chi connectivity index (χ1) is 28.0. The zero-order valence-corrected chi connectivity index (χ0v) is 25.9. The molecule has 49 heavy (non-hydrogen) atoms. The normalized spacial score (nSPS) is 13.8. The highest BCUT2D eigenvalue weighted by atomic mass is 15.0. The van der Waals surface area contributed by atoms with Gasteiger partial charge in [0.2, 0.25) is 0 Å². The lowest BCUT2D eigenvalue weighted by Gasteiger charge is -2.11. The van der Waals surface area contributed by atoms with Gasteiger partial charge in [0.1, 0.15) is 0 Å². The van der Waals surface area contributed by atoms with Gasteiger partial charge in [0.15, 0.2) is 17.5 Å². The van der Waals surface area contributed by atoms with Crippen molar-refractivity contribution in [2.75, 3.05) is 0 Å². The first-order valence-electron chi connectivity index (χ1n) is 20.2. The van der Waals surface area contributed by atoms with Gasteiger partial charge in [-0.3, -0.25) is 0 Å². The molecule has 0 fully saturated rings. The quantitative estimate of drug-likeness (QED) is 0.183. The Bertz CT molecular complexity index is 3050. The van der Waals surface area contributed by atoms with Crippen molar-refractivity contribution in [1.82, 2.24) is 19.5 Å². The summed E-state index contributed by atoms with van der Waals surface area (Å²) in [5, 5.41) is 0.806. The molecule has 0 unspecified atom stereocenters. The standard InChI is InChI=1S/C45H30N4/c1-4-12-31(13-5-1)33-20-22-35(23-21-33)44-46-43(34-16-8-3-9-17-34)47-45(48-44)36-24-27-38(28-25-36)49-41-19-11-10-18-39(41)40-29-26-37(30-42(40)49)32-14-6-2-7-15-32/h1-30H/i2D,6D,7D,10D,11D,14D,15D,18D,19D. The fourth-order valence-electron chi connectivity index (χ4n) is 6.09. The number of para-hydroxylation sites is 1. The maximum absolute atomic E-state index is 8.99. The molecule has 0 atom stereocenters. The van der Waals surface area contributed by atoms with Crippen LogP contribution in [0.2, 0.25) is 0 Å². The summed E-state index contributed by atoms with van der Waals surface area (Å²) in [7, 11) is 0. The Hall–Kier alpha value is -6.65. The summed E-state index contributed by atoms with van der Waals surface area (Å²) in [6.07, 6.45) is 0. The minimum absolute atomic E-state index is 0.00850. The number of hydrogen-bond donors (Lipinski definition) is 0. The van der Waals surface area contributed by atoms with E-state index < -0.39 is 24.2 Å². The molecule has 4 nitrogen and oxygen atoms in total. The van der Waals surface area contributed by atoms with Crippen LogP contribution in [0.25, 0.3) is 83.9 Å². The Morgan fingerprint density at radius 2 is 0.857 bits per heavy atom. The lowest BCUT2D eigenvalue weighted by molar-refractivity contribution is 1.07. The van der Waals surface area contributed by atoms with E-state index in [9.17, 15) is 0 Å². The third-order valence-corrected chi connectivity index (χ3v) is 8.49. The minimum atomic E-state index is -0.500. The SMILES string of the molecule is [2H]c1c([2H])c([2H])c(-c2ccc3c4c([2H])c([2H])c([2H])c([2H])c4n(-c4ccc(-c5nc(-c6ccccc6)nc(-c6ccc(-c7ccccc7)cc6)n5)cc4)c3c2)c([2H])c1[2H]. The van der Waals surface area contributed by atoms with Crippen LogP contribution < -0.4 is 0 Å². The summed E-state index contributed by atoms with van der Waals surface area (Å²) in [5.74, 6) is 1.41. The molecule has 0 aliphatic heterocycles. The number of fused-ring (bicyclic) bond motifs is 3. The van der Waals surface area contributed by atoms with Gasteiger partial charge in [-0.15, -0.1) is 0 Å². The van der Waals surface area contributed by atoms with Crippen LogP contribution >= 0.6 is 0 Å². The fraction of sp³-hybridized carbons (Fsp3) is 0. The Morgan fingerprint density at radius 1 is 0.367 bits per heavy atom. The average Bonchev–Trinajstić information content (AvgIpc) is 3.61. The minimum Gasteiger partial charge on any atom is -0.309 e. The van der Waals surface area contributed by atoms with E-state index in [0.717, 1.165) is 22.3 Å². The maximum Gasteiger partial charge on any atom is 0.164 e. The third-order valence-electron chi connectivity index (χ3n) is 8.49. The van der Waals surface area contributed by atoms with Gasteiger partial charge in [0.05, 0.1) is 23.4 Å². The molecule has 0 amide bonds. The molecule has 0 N–H and O–H groups in total. The topological polar surface area (TPSA) is 43.6 Å². The van der Waals surface area contributed by atoms with Crippen molar-refractivity contribution in [3.05, 3.63) is 182 Å². The van der Waals surface area contributed by atoms with Crippen molar-refractivity contribution >= 4 is 21.8 Å². The van der Waals surface area contributed by atoms with Crippen molar-refractivity contribution in [3.8, 4) is 62.1 Å². The number of hydrogen-bond acceptors (Lipinski definition) is 3. The Morgan fingerprint density at radius 3 is 1.51 bits per heavy atom. The number of benzene rings is 7. The zero-order valence-electron chi connectivity index (χ0n) is 34.9. The van der Waals surface area contributed by atoms with Crippen molar-refractivity contribution in [3.63, 3.8) is 0 Å². The molecule has 0 bridgehead atoms. The van der Waals surface area contributed by atoms with Gasteiger partial charge in [-0.25, -0.2) is 15.0 Å². The molecule has 7 aromatic carbocycles. The van der Waals surface area contributed by atoms with Crippen LogP contribution in [-0.2, 0) is 0 Å². The number of nitrogens with zero attached hydrogens (tertiary/aromatic N) is 4. The number of rotatable bonds is 6. The van der Waals surface area contributed by atoms with Crippen molar-refractivity contribution in [2.45, 2.75) is 0 Å². The smallest absolute Gasteiger partial charge is 0.164 e. The zero-order chi connectivity index (χ0) is 40.4. The predicted octanol–water partition coefficient (Wildman–Crippen LogP) is 11.3. The van der Waals surface area contributed by atoms with Crippen molar-refractivity contribution in [2.24, 2.45) is 0 Å². The van der Waals surface area contributed by atoms with Gasteiger partial charge in [0, 0.05) is 33.2 Å². The van der Waals surface area contributed by atoms with Crippen LogP contribution in [0.1, 0.15) is 12.3 Å². The number of aromatic nitrogens is 4. The molecule has 2 heterocycles. The molecule has 0 radical (unpaired) electrons. The second kappa shape index (κ2) is 12.2. The Labute approximate surface area is 297 Å². The second-order valence-corrected chi connectivity index (χ2v) is 11.5. The van der Waals surface area contributed by atoms with Gasteiger partial charge in [-0.1, -0.05) is 145 Å². The lowest BCUT2D eigenvalue weighted by Crippen LogP contribution is -2.00. The summed E-state index contributed by atoms with van der Waals surface area (Å²) in [6, 6.07) is 36.7. The summed E-state index contributed by atoms with van der Waals surface area (Å²) >= 11 is 0. The average molecular weight is 636 g/mol. The van der Waals surface area contributed by atoms with E-state index in [-0.39, 0.29) is 41.3 Å². The summed E-state index contributed by atoms with van der Waals surface area (Å²) < 4.78 is 78.4. The van der Waals surface area contributed by atoms with Crippen LogP contribution in [0.4, 0.5) is 0 Å². The highest BCUT2D eigenvalue weighted by Crippen LogP contribution is 2.35. The van der Waals surface area contributed by atoms with E-state index in [1.807, 2.05) is 97.1 Å². The largest absolute Gasteiger partial charge is 0.309 e. The van der Waals surface area contributed by atoms with E-state index in [1.54, 1.807) is 22.8 Å². The van der Waals surface area contributed by atoms with Gasteiger partial charge in [-0.2, -0.15) is 0 Å². The van der Waals surface area contributed by atoms with E-state index in [2.05, 4.69) is 12.1 Å². The molecule has 0 spiro atoms. The lowest BCUT2D eigenvalue weighted by atomic mass is 10.0. The molecule has 9 aromatic rings. The Balaban J connectivity index is 1.21. The first kappa shape index (κ1) is 20.6. The molecule has 4 heteroatoms. The van der Waals surface area contributed by atoms with E-state index >= 15 is 0 Å². The molecule has 0 saturated heterocycles. The van der Waals surface area contributed by atoms with Crippen molar-refractivity contribution < 1.29 is 12.3 Å². The molecular formula is C45H30N4. The van der Waals surface area contributed by atoms with Crippen LogP contribution in [0.3, 0.4) is 0 Å². The van der Waals surface area contributed by atoms with Crippen LogP contribution in [0.15, 0.2) is 182 Å². The van der Waals surface area contributed by atoms with E-state index in [1.165, 1.54) is 0 Å². The fourth-order valence-corrected chi connectivity index (χ4v) is 6.09. The van der Waals surface area contributed by atoms with Crippen LogP contribution in [0.5, 0.6) is 0 Å². The van der Waals surface area contributed by atoms with Gasteiger partial charge < -0.3 is 4.57 Å². The first-order valence-corrected chi connectivity index (χ1v) is 15.7. The van der Waals surface area contributed by atoms with Gasteiger partial charge in [-0.05, 0) is 58.6 Å². The molecule has 2 aromatic heterocycles. The summed E-state index contributed by atoms with van der Waals surface area (Å²) in [5.41, 5.74) is 6.07. The maximum atomic E-state index is 8.99. The van der Waals surface area contributed by atoms with Crippen LogP contribution in [0, 0.1) is 0 Å². The van der Waals surface area contributed by atoms with E-state index in [4.69, 9.17) is 27.3 Å². The molecule has 230 valence electrons. The molecule has 0 aliphatic rings. The highest BCUT2D eigenvalue weighted by molar-refractivity contribution is 6.10. The molecule has 0 aliphatic carbocycles. The molecular weight excluding hydrogens is 597 g/mol. The van der Waals surface area contributed by atoms with Gasteiger partial charge >= 0.3 is 0 Å². The van der Waals surface area contributed by atoms with E-state index in [0.29, 0.717) is 50.6 Å². The third kappa shape index (κ3) is 5.35. The van der Waals surface area contributed by atoms with Crippen LogP contribution in [-0.4, -0.2) is 19.5 Å². The highest BCUT2D eigenvalue weighted by Gasteiger charge is 2.16. The molecule has 9 rings (SSSR count). The van der Waals surface area contributed by atoms with Gasteiger partial charge in [0.25, 0.3) is 0 Å². The van der Waals surface area contributed by atoms with Crippen molar-refractivity contribution in [1.29, 1.82) is 0 Å². The Kier molecular flexibility index (Phi) is 5.11.